The van der Waals surface area contributed by atoms with Gasteiger partial charge in [0, 0.05) is 31.7 Å². The Bertz CT molecular complexity index is 622. The fourth-order valence-electron chi connectivity index (χ4n) is 2.48. The predicted octanol–water partition coefficient (Wildman–Crippen LogP) is 0.689. The van der Waals surface area contributed by atoms with Crippen LogP contribution in [-0.2, 0) is 19.7 Å². The van der Waals surface area contributed by atoms with Crippen molar-refractivity contribution in [2.45, 2.75) is 17.7 Å². The Morgan fingerprint density at radius 3 is 2.32 bits per heavy atom. The van der Waals surface area contributed by atoms with Gasteiger partial charge in [-0.25, -0.2) is 13.5 Å². The Morgan fingerprint density at radius 1 is 1.27 bits per heavy atom. The number of amides is 1. The van der Waals surface area contributed by atoms with E-state index in [1.807, 2.05) is 0 Å². The van der Waals surface area contributed by atoms with E-state index in [4.69, 9.17) is 10.6 Å². The molecule has 0 bridgehead atoms. The molecule has 1 fully saturated rings. The minimum Gasteiger partial charge on any atom is -0.399 e. The Balaban J connectivity index is 2.05. The molecule has 1 aliphatic heterocycles. The third-order valence-electron chi connectivity index (χ3n) is 3.91. The minimum absolute atomic E-state index is 0.118. The molecule has 0 aromatic heterocycles. The third kappa shape index (κ3) is 3.40. The van der Waals surface area contributed by atoms with Gasteiger partial charge in [0.2, 0.25) is 15.9 Å². The van der Waals surface area contributed by atoms with Crippen molar-refractivity contribution < 1.29 is 18.0 Å². The molecule has 1 aliphatic rings. The van der Waals surface area contributed by atoms with Crippen LogP contribution in [0.3, 0.4) is 0 Å². The summed E-state index contributed by atoms with van der Waals surface area (Å²) in [5, 5.41) is 1.19. The lowest BCUT2D eigenvalue weighted by Gasteiger charge is -2.31. The number of carbonyl (C=O) groups is 1. The van der Waals surface area contributed by atoms with Crippen molar-refractivity contribution >= 4 is 21.6 Å². The number of nitrogens with zero attached hydrogens (tertiary/aromatic N) is 2. The van der Waals surface area contributed by atoms with E-state index in [9.17, 15) is 13.2 Å². The molecule has 1 aromatic rings. The standard InChI is InChI=1S/C14H21N3O4S/c1-16(21-2)14(18)11-7-9-17(10-8-11)22(19,20)13-5-3-12(15)4-6-13/h3-6,11H,7-10,15H2,1-2H3. The number of sulfonamides is 1. The van der Waals surface area contributed by atoms with E-state index in [-0.39, 0.29) is 16.7 Å². The van der Waals surface area contributed by atoms with Gasteiger partial charge in [0.15, 0.2) is 0 Å². The van der Waals surface area contributed by atoms with Gasteiger partial charge in [-0.2, -0.15) is 4.31 Å². The Morgan fingerprint density at radius 2 is 1.82 bits per heavy atom. The van der Waals surface area contributed by atoms with Crippen molar-refractivity contribution in [1.29, 1.82) is 0 Å². The van der Waals surface area contributed by atoms with E-state index >= 15 is 0 Å². The number of nitrogen functional groups attached to an aromatic ring is 1. The summed E-state index contributed by atoms with van der Waals surface area (Å²) in [6.45, 7) is 0.640. The molecule has 0 atom stereocenters. The van der Waals surface area contributed by atoms with E-state index in [1.165, 1.54) is 28.6 Å². The van der Waals surface area contributed by atoms with Crippen LogP contribution in [0.5, 0.6) is 0 Å². The first-order valence-corrected chi connectivity index (χ1v) is 8.47. The Kier molecular flexibility index (Phi) is 5.05. The maximum absolute atomic E-state index is 12.5. The monoisotopic (exact) mass is 327 g/mol. The lowest BCUT2D eigenvalue weighted by molar-refractivity contribution is -0.174. The number of nitrogens with two attached hydrogens (primary N) is 1. The Hall–Kier alpha value is -1.64. The third-order valence-corrected chi connectivity index (χ3v) is 5.82. The van der Waals surface area contributed by atoms with Crippen molar-refractivity contribution in [2.24, 2.45) is 5.92 Å². The van der Waals surface area contributed by atoms with Gasteiger partial charge in [0.05, 0.1) is 12.0 Å². The summed E-state index contributed by atoms with van der Waals surface area (Å²) in [4.78, 5) is 17.1. The second kappa shape index (κ2) is 6.64. The molecule has 0 radical (unpaired) electrons. The van der Waals surface area contributed by atoms with Crippen molar-refractivity contribution in [3.63, 3.8) is 0 Å². The molecule has 2 N–H and O–H groups in total. The second-order valence-electron chi connectivity index (χ2n) is 5.27. The van der Waals surface area contributed by atoms with Crippen molar-refractivity contribution in [3.8, 4) is 0 Å². The number of carbonyl (C=O) groups excluding carboxylic acids is 1. The smallest absolute Gasteiger partial charge is 0.249 e. The molecule has 122 valence electrons. The topological polar surface area (TPSA) is 92.9 Å². The van der Waals surface area contributed by atoms with Crippen molar-refractivity contribution in [2.75, 3.05) is 33.0 Å². The van der Waals surface area contributed by atoms with Crippen LogP contribution in [0.2, 0.25) is 0 Å². The minimum atomic E-state index is -3.53. The summed E-state index contributed by atoms with van der Waals surface area (Å²) >= 11 is 0. The fraction of sp³-hybridized carbons (Fsp3) is 0.500. The zero-order valence-electron chi connectivity index (χ0n) is 12.7. The van der Waals surface area contributed by atoms with Gasteiger partial charge in [-0.1, -0.05) is 0 Å². The lowest BCUT2D eigenvalue weighted by Crippen LogP contribution is -2.43. The maximum Gasteiger partial charge on any atom is 0.249 e. The summed E-state index contributed by atoms with van der Waals surface area (Å²) in [5.74, 6) is -0.324. The van der Waals surface area contributed by atoms with Gasteiger partial charge in [-0.3, -0.25) is 9.63 Å². The fourth-order valence-corrected chi connectivity index (χ4v) is 3.95. The molecule has 0 aliphatic carbocycles. The van der Waals surface area contributed by atoms with Gasteiger partial charge in [0.1, 0.15) is 0 Å². The van der Waals surface area contributed by atoms with E-state index in [0.29, 0.717) is 31.6 Å². The normalized spacial score (nSPS) is 17.4. The highest BCUT2D eigenvalue weighted by Gasteiger charge is 2.33. The van der Waals surface area contributed by atoms with Gasteiger partial charge < -0.3 is 5.73 Å². The Labute approximate surface area is 130 Å². The van der Waals surface area contributed by atoms with Crippen molar-refractivity contribution in [1.82, 2.24) is 9.37 Å². The van der Waals surface area contributed by atoms with Crippen LogP contribution in [0.25, 0.3) is 0 Å². The van der Waals surface area contributed by atoms with Crippen LogP contribution < -0.4 is 5.73 Å². The van der Waals surface area contributed by atoms with Gasteiger partial charge >= 0.3 is 0 Å². The van der Waals surface area contributed by atoms with Crippen molar-refractivity contribution in [3.05, 3.63) is 24.3 Å². The molecule has 2 rings (SSSR count). The number of rotatable bonds is 4. The first kappa shape index (κ1) is 16.7. The highest BCUT2D eigenvalue weighted by molar-refractivity contribution is 7.89. The number of benzene rings is 1. The van der Waals surface area contributed by atoms with Crippen LogP contribution in [0, 0.1) is 5.92 Å². The van der Waals surface area contributed by atoms with Crippen LogP contribution in [0.4, 0.5) is 5.69 Å². The average Bonchev–Trinajstić information content (AvgIpc) is 2.54. The average molecular weight is 327 g/mol. The van der Waals surface area contributed by atoms with Gasteiger partial charge in [0.25, 0.3) is 0 Å². The molecular formula is C14H21N3O4S. The summed E-state index contributed by atoms with van der Waals surface area (Å²) in [5.41, 5.74) is 6.10. The molecule has 7 nitrogen and oxygen atoms in total. The molecule has 0 saturated carbocycles. The molecule has 1 aromatic carbocycles. The highest BCUT2D eigenvalue weighted by atomic mass is 32.2. The molecule has 22 heavy (non-hydrogen) atoms. The molecule has 1 heterocycles. The molecular weight excluding hydrogens is 306 g/mol. The number of hydrogen-bond donors (Lipinski definition) is 1. The summed E-state index contributed by atoms with van der Waals surface area (Å²) in [6, 6.07) is 6.13. The van der Waals surface area contributed by atoms with Crippen LogP contribution in [0.1, 0.15) is 12.8 Å². The number of hydrogen-bond acceptors (Lipinski definition) is 5. The predicted molar refractivity (Wildman–Crippen MR) is 82.1 cm³/mol. The van der Waals surface area contributed by atoms with Crippen LogP contribution >= 0.6 is 0 Å². The van der Waals surface area contributed by atoms with Gasteiger partial charge in [-0.05, 0) is 37.1 Å². The highest BCUT2D eigenvalue weighted by Crippen LogP contribution is 2.25. The van der Waals surface area contributed by atoms with E-state index < -0.39 is 10.0 Å². The summed E-state index contributed by atoms with van der Waals surface area (Å²) in [7, 11) is -0.548. The largest absolute Gasteiger partial charge is 0.399 e. The van der Waals surface area contributed by atoms with E-state index in [1.54, 1.807) is 19.2 Å². The first-order valence-electron chi connectivity index (χ1n) is 7.03. The zero-order valence-corrected chi connectivity index (χ0v) is 13.5. The molecule has 0 spiro atoms. The van der Waals surface area contributed by atoms with Crippen LogP contribution in [-0.4, -0.2) is 50.9 Å². The quantitative estimate of drug-likeness (QED) is 0.649. The maximum atomic E-state index is 12.5. The second-order valence-corrected chi connectivity index (χ2v) is 7.20. The number of hydroxylamine groups is 2. The van der Waals surface area contributed by atoms with Gasteiger partial charge in [-0.15, -0.1) is 0 Å². The molecule has 1 amide bonds. The number of piperidine rings is 1. The lowest BCUT2D eigenvalue weighted by atomic mass is 9.97. The zero-order chi connectivity index (χ0) is 16.3. The van der Waals surface area contributed by atoms with E-state index in [2.05, 4.69) is 0 Å². The summed E-state index contributed by atoms with van der Waals surface area (Å²) < 4.78 is 26.5. The number of anilines is 1. The van der Waals surface area contributed by atoms with Crippen LogP contribution in [0.15, 0.2) is 29.2 Å². The molecule has 8 heteroatoms. The van der Waals surface area contributed by atoms with E-state index in [0.717, 1.165) is 0 Å². The molecule has 0 unspecified atom stereocenters. The summed E-state index contributed by atoms with van der Waals surface area (Å²) in [6.07, 6.45) is 0.974. The first-order chi connectivity index (χ1) is 10.4. The SMILES string of the molecule is CON(C)C(=O)C1CCN(S(=O)(=O)c2ccc(N)cc2)CC1. The molecule has 1 saturated heterocycles.